The number of hydrogen-bond donors (Lipinski definition) is 1. The summed E-state index contributed by atoms with van der Waals surface area (Å²) in [6.45, 7) is 4.28. The van der Waals surface area contributed by atoms with Gasteiger partial charge in [0, 0.05) is 17.8 Å². The Balaban J connectivity index is 1.77. The average Bonchev–Trinajstić information content (AvgIpc) is 3.07. The van der Waals surface area contributed by atoms with Crippen LogP contribution in [0.2, 0.25) is 0 Å². The maximum atomic E-state index is 4.10. The van der Waals surface area contributed by atoms with Crippen LogP contribution in [0.5, 0.6) is 0 Å². The van der Waals surface area contributed by atoms with Gasteiger partial charge < -0.3 is 4.98 Å². The fraction of sp³-hybridized carbons (Fsp3) is 0.286. The molecule has 0 spiro atoms. The number of nitrogens with one attached hydrogen (secondary N) is 1. The third-order valence-corrected chi connectivity index (χ3v) is 4.45. The first-order chi connectivity index (χ1) is 11.2. The van der Waals surface area contributed by atoms with E-state index >= 15 is 0 Å². The summed E-state index contributed by atoms with van der Waals surface area (Å²) in [5, 5.41) is 0. The Hall–Kier alpha value is -2.35. The van der Waals surface area contributed by atoms with Crippen molar-refractivity contribution in [2.75, 3.05) is 0 Å². The summed E-state index contributed by atoms with van der Waals surface area (Å²) in [6.07, 6.45) is 7.02. The summed E-state index contributed by atoms with van der Waals surface area (Å²) in [6, 6.07) is 18.0. The Kier molecular flexibility index (Phi) is 4.92. The van der Waals surface area contributed by atoms with Crippen LogP contribution in [0.1, 0.15) is 46.7 Å². The number of aromatic amines is 1. The van der Waals surface area contributed by atoms with Crippen molar-refractivity contribution in [3.63, 3.8) is 0 Å². The first-order valence-corrected chi connectivity index (χ1v) is 8.33. The van der Waals surface area contributed by atoms with E-state index in [0.717, 1.165) is 19.3 Å². The SMILES string of the molecule is Cc1ccc(C(CCCc2cnc[nH]2)c2ccc(C)cc2)cc1. The Morgan fingerprint density at radius 2 is 1.43 bits per heavy atom. The molecule has 1 aromatic heterocycles. The van der Waals surface area contributed by atoms with E-state index in [-0.39, 0.29) is 0 Å². The summed E-state index contributed by atoms with van der Waals surface area (Å²) in [5.74, 6) is 0.458. The van der Waals surface area contributed by atoms with Crippen molar-refractivity contribution in [3.05, 3.63) is 89.0 Å². The molecule has 3 aromatic rings. The Morgan fingerprint density at radius 3 is 1.91 bits per heavy atom. The second-order valence-electron chi connectivity index (χ2n) is 6.34. The fourth-order valence-electron chi connectivity index (χ4n) is 3.04. The van der Waals surface area contributed by atoms with Gasteiger partial charge in [0.2, 0.25) is 0 Å². The van der Waals surface area contributed by atoms with Crippen molar-refractivity contribution in [2.24, 2.45) is 0 Å². The maximum Gasteiger partial charge on any atom is 0.0921 e. The standard InChI is InChI=1S/C21H24N2/c1-16-6-10-18(11-7-16)21(19-12-8-17(2)9-13-19)5-3-4-20-14-22-15-23-20/h6-15,21H,3-5H2,1-2H3,(H,22,23). The van der Waals surface area contributed by atoms with Gasteiger partial charge in [0.15, 0.2) is 0 Å². The minimum Gasteiger partial charge on any atom is -0.348 e. The highest BCUT2D eigenvalue weighted by Crippen LogP contribution is 2.30. The number of hydrogen-bond acceptors (Lipinski definition) is 1. The predicted octanol–water partition coefficient (Wildman–Crippen LogP) is 5.18. The number of aromatic nitrogens is 2. The van der Waals surface area contributed by atoms with Gasteiger partial charge in [-0.1, -0.05) is 59.7 Å². The van der Waals surface area contributed by atoms with Crippen LogP contribution < -0.4 is 0 Å². The molecule has 1 N–H and O–H groups in total. The van der Waals surface area contributed by atoms with E-state index < -0.39 is 0 Å². The number of aryl methyl sites for hydroxylation is 3. The van der Waals surface area contributed by atoms with Gasteiger partial charge in [0.1, 0.15) is 0 Å². The smallest absolute Gasteiger partial charge is 0.0921 e. The molecule has 0 radical (unpaired) electrons. The van der Waals surface area contributed by atoms with Gasteiger partial charge in [-0.2, -0.15) is 0 Å². The molecule has 118 valence electrons. The van der Waals surface area contributed by atoms with E-state index in [1.54, 1.807) is 6.33 Å². The van der Waals surface area contributed by atoms with Crippen molar-refractivity contribution in [2.45, 2.75) is 39.0 Å². The quantitative estimate of drug-likeness (QED) is 0.667. The largest absolute Gasteiger partial charge is 0.348 e. The third kappa shape index (κ3) is 4.10. The van der Waals surface area contributed by atoms with E-state index in [4.69, 9.17) is 0 Å². The molecule has 0 unspecified atom stereocenters. The van der Waals surface area contributed by atoms with Crippen molar-refractivity contribution < 1.29 is 0 Å². The zero-order valence-electron chi connectivity index (χ0n) is 13.9. The van der Waals surface area contributed by atoms with Gasteiger partial charge >= 0.3 is 0 Å². The van der Waals surface area contributed by atoms with E-state index in [2.05, 4.69) is 72.3 Å². The molecule has 0 saturated heterocycles. The van der Waals surface area contributed by atoms with Crippen LogP contribution >= 0.6 is 0 Å². The molecule has 0 saturated carbocycles. The molecule has 0 amide bonds. The number of benzene rings is 2. The lowest BCUT2D eigenvalue weighted by Crippen LogP contribution is -2.02. The Bertz CT molecular complexity index is 664. The van der Waals surface area contributed by atoms with Gasteiger partial charge in [0.25, 0.3) is 0 Å². The van der Waals surface area contributed by atoms with Gasteiger partial charge in [0.05, 0.1) is 6.33 Å². The highest BCUT2D eigenvalue weighted by atomic mass is 14.9. The molecule has 0 aliphatic rings. The van der Waals surface area contributed by atoms with Gasteiger partial charge in [-0.05, 0) is 44.2 Å². The summed E-state index contributed by atoms with van der Waals surface area (Å²) in [5.41, 5.74) is 6.66. The normalized spacial score (nSPS) is 11.1. The number of rotatable bonds is 6. The highest BCUT2D eigenvalue weighted by molar-refractivity contribution is 5.35. The molecular weight excluding hydrogens is 280 g/mol. The maximum absolute atomic E-state index is 4.10. The zero-order chi connectivity index (χ0) is 16.1. The molecule has 1 heterocycles. The molecule has 0 fully saturated rings. The second-order valence-corrected chi connectivity index (χ2v) is 6.34. The molecule has 0 atom stereocenters. The van der Waals surface area contributed by atoms with Gasteiger partial charge in [-0.25, -0.2) is 4.98 Å². The van der Waals surface area contributed by atoms with E-state index in [1.807, 2.05) is 6.20 Å². The van der Waals surface area contributed by atoms with Crippen LogP contribution in [-0.4, -0.2) is 9.97 Å². The van der Waals surface area contributed by atoms with Gasteiger partial charge in [-0.3, -0.25) is 0 Å². The summed E-state index contributed by atoms with van der Waals surface area (Å²) in [4.78, 5) is 7.29. The monoisotopic (exact) mass is 304 g/mol. The Labute approximate surface area is 138 Å². The molecule has 2 aromatic carbocycles. The van der Waals surface area contributed by atoms with Crippen molar-refractivity contribution in [3.8, 4) is 0 Å². The lowest BCUT2D eigenvalue weighted by Gasteiger charge is -2.18. The Morgan fingerprint density at radius 1 is 0.870 bits per heavy atom. The topological polar surface area (TPSA) is 28.7 Å². The van der Waals surface area contributed by atoms with E-state index in [0.29, 0.717) is 5.92 Å². The van der Waals surface area contributed by atoms with Crippen LogP contribution in [0, 0.1) is 13.8 Å². The molecule has 23 heavy (non-hydrogen) atoms. The molecule has 2 nitrogen and oxygen atoms in total. The minimum absolute atomic E-state index is 0.458. The van der Waals surface area contributed by atoms with Crippen LogP contribution in [-0.2, 0) is 6.42 Å². The first-order valence-electron chi connectivity index (χ1n) is 8.33. The minimum atomic E-state index is 0.458. The molecular formula is C21H24N2. The third-order valence-electron chi connectivity index (χ3n) is 4.45. The van der Waals surface area contributed by atoms with E-state index in [1.165, 1.54) is 27.9 Å². The van der Waals surface area contributed by atoms with Crippen LogP contribution in [0.15, 0.2) is 61.1 Å². The van der Waals surface area contributed by atoms with Crippen molar-refractivity contribution >= 4 is 0 Å². The summed E-state index contributed by atoms with van der Waals surface area (Å²) >= 11 is 0. The van der Waals surface area contributed by atoms with Crippen LogP contribution in [0.25, 0.3) is 0 Å². The van der Waals surface area contributed by atoms with Crippen LogP contribution in [0.3, 0.4) is 0 Å². The highest BCUT2D eigenvalue weighted by Gasteiger charge is 2.14. The molecule has 2 heteroatoms. The van der Waals surface area contributed by atoms with E-state index in [9.17, 15) is 0 Å². The predicted molar refractivity (Wildman–Crippen MR) is 95.7 cm³/mol. The molecule has 0 bridgehead atoms. The summed E-state index contributed by atoms with van der Waals surface area (Å²) < 4.78 is 0. The molecule has 0 aliphatic carbocycles. The first kappa shape index (κ1) is 15.5. The lowest BCUT2D eigenvalue weighted by atomic mass is 9.86. The number of H-pyrrole nitrogens is 1. The van der Waals surface area contributed by atoms with Crippen molar-refractivity contribution in [1.82, 2.24) is 9.97 Å². The molecule has 3 rings (SSSR count). The zero-order valence-corrected chi connectivity index (χ0v) is 13.9. The van der Waals surface area contributed by atoms with Gasteiger partial charge in [-0.15, -0.1) is 0 Å². The molecule has 0 aliphatic heterocycles. The number of nitrogens with zero attached hydrogens (tertiary/aromatic N) is 1. The fourth-order valence-corrected chi connectivity index (χ4v) is 3.04. The lowest BCUT2D eigenvalue weighted by molar-refractivity contribution is 0.656. The van der Waals surface area contributed by atoms with Crippen LogP contribution in [0.4, 0.5) is 0 Å². The summed E-state index contributed by atoms with van der Waals surface area (Å²) in [7, 11) is 0. The second kappa shape index (κ2) is 7.28. The van der Waals surface area contributed by atoms with Crippen molar-refractivity contribution in [1.29, 1.82) is 0 Å². The average molecular weight is 304 g/mol. The number of imidazole rings is 1.